The van der Waals surface area contributed by atoms with Gasteiger partial charge in [0.25, 0.3) is 5.91 Å². The summed E-state index contributed by atoms with van der Waals surface area (Å²) in [6.45, 7) is 10.8. The van der Waals surface area contributed by atoms with Crippen LogP contribution in [0.25, 0.3) is 0 Å². The average Bonchev–Trinajstić information content (AvgIpc) is 2.74. The number of amides is 1. The van der Waals surface area contributed by atoms with E-state index in [0.29, 0.717) is 17.9 Å². The fraction of sp³-hybridized carbons (Fsp3) is 0.296. The van der Waals surface area contributed by atoms with Gasteiger partial charge in [-0.1, -0.05) is 51.1 Å². The van der Waals surface area contributed by atoms with Crippen molar-refractivity contribution in [2.75, 3.05) is 12.4 Å². The number of carbonyl (C=O) groups is 1. The molecule has 4 nitrogen and oxygen atoms in total. The Morgan fingerprint density at radius 3 is 2.39 bits per heavy atom. The molecule has 0 atom stereocenters. The molecule has 0 aromatic heterocycles. The smallest absolute Gasteiger partial charge is 0.255 e. The number of ether oxygens (including phenoxy) is 2. The lowest BCUT2D eigenvalue weighted by Gasteiger charge is -2.23. The number of anilines is 1. The van der Waals surface area contributed by atoms with Gasteiger partial charge in [-0.15, -0.1) is 0 Å². The van der Waals surface area contributed by atoms with E-state index in [-0.39, 0.29) is 11.3 Å². The van der Waals surface area contributed by atoms with Crippen molar-refractivity contribution in [3.05, 3.63) is 88.5 Å². The molecule has 1 amide bonds. The lowest BCUT2D eigenvalue weighted by Crippen LogP contribution is -2.15. The molecule has 0 fully saturated rings. The molecule has 162 valence electrons. The number of para-hydroxylation sites is 1. The number of aryl methyl sites for hydroxylation is 1. The number of benzene rings is 3. The van der Waals surface area contributed by atoms with Gasteiger partial charge in [0.2, 0.25) is 0 Å². The molecule has 1 N–H and O–H groups in total. The summed E-state index contributed by atoms with van der Waals surface area (Å²) in [5.41, 5.74) is 5.50. The summed E-state index contributed by atoms with van der Waals surface area (Å²) in [5, 5.41) is 3.01. The monoisotopic (exact) mass is 417 g/mol. The van der Waals surface area contributed by atoms with Crippen LogP contribution in [0.2, 0.25) is 0 Å². The van der Waals surface area contributed by atoms with Gasteiger partial charge in [0.15, 0.2) is 0 Å². The van der Waals surface area contributed by atoms with Crippen molar-refractivity contribution >= 4 is 11.6 Å². The van der Waals surface area contributed by atoms with E-state index in [9.17, 15) is 4.79 Å². The van der Waals surface area contributed by atoms with E-state index in [2.05, 4.69) is 32.2 Å². The zero-order chi connectivity index (χ0) is 22.6. The van der Waals surface area contributed by atoms with Crippen LogP contribution in [0.1, 0.15) is 53.4 Å². The molecule has 3 rings (SSSR count). The highest BCUT2D eigenvalue weighted by atomic mass is 16.5. The van der Waals surface area contributed by atoms with Crippen LogP contribution in [-0.4, -0.2) is 13.0 Å². The summed E-state index contributed by atoms with van der Waals surface area (Å²) in [6.07, 6.45) is 0. The van der Waals surface area contributed by atoms with Gasteiger partial charge in [0.1, 0.15) is 18.1 Å². The second-order valence-electron chi connectivity index (χ2n) is 8.76. The van der Waals surface area contributed by atoms with Gasteiger partial charge >= 0.3 is 0 Å². The van der Waals surface area contributed by atoms with Crippen molar-refractivity contribution in [2.24, 2.45) is 0 Å². The number of rotatable bonds is 6. The fourth-order valence-electron chi connectivity index (χ4n) is 3.48. The first kappa shape index (κ1) is 22.4. The molecule has 0 unspecified atom stereocenters. The maximum Gasteiger partial charge on any atom is 0.255 e. The largest absolute Gasteiger partial charge is 0.496 e. The van der Waals surface area contributed by atoms with Crippen LogP contribution in [0, 0.1) is 13.8 Å². The standard InChI is InChI=1S/C27H31NO3/c1-18-10-9-12-23(19(18)2)28-26(29)20-14-15-24(30-6)21(16-20)17-31-25-13-8-7-11-22(25)27(3,4)5/h7-16H,17H2,1-6H3,(H,28,29). The normalized spacial score (nSPS) is 11.2. The van der Waals surface area contributed by atoms with Gasteiger partial charge in [0.05, 0.1) is 7.11 Å². The van der Waals surface area contributed by atoms with E-state index < -0.39 is 0 Å². The van der Waals surface area contributed by atoms with Crippen LogP contribution in [0.15, 0.2) is 60.7 Å². The highest BCUT2D eigenvalue weighted by Gasteiger charge is 2.19. The molecule has 31 heavy (non-hydrogen) atoms. The van der Waals surface area contributed by atoms with Crippen LogP contribution in [0.3, 0.4) is 0 Å². The Balaban J connectivity index is 1.83. The first-order valence-electron chi connectivity index (χ1n) is 10.5. The number of hydrogen-bond acceptors (Lipinski definition) is 3. The minimum Gasteiger partial charge on any atom is -0.496 e. The van der Waals surface area contributed by atoms with E-state index in [1.165, 1.54) is 0 Å². The molecule has 4 heteroatoms. The number of methoxy groups -OCH3 is 1. The molecule has 0 radical (unpaired) electrons. The summed E-state index contributed by atoms with van der Waals surface area (Å²) in [6, 6.07) is 19.3. The van der Waals surface area contributed by atoms with Crippen molar-refractivity contribution in [1.82, 2.24) is 0 Å². The predicted octanol–water partition coefficient (Wildman–Crippen LogP) is 6.44. The Morgan fingerprint density at radius 2 is 1.68 bits per heavy atom. The van der Waals surface area contributed by atoms with Gasteiger partial charge in [-0.3, -0.25) is 4.79 Å². The topological polar surface area (TPSA) is 47.6 Å². The summed E-state index contributed by atoms with van der Waals surface area (Å²) in [4.78, 5) is 12.9. The van der Waals surface area contributed by atoms with Crippen LogP contribution in [-0.2, 0) is 12.0 Å². The van der Waals surface area contributed by atoms with Crippen LogP contribution < -0.4 is 14.8 Å². The Morgan fingerprint density at radius 1 is 0.935 bits per heavy atom. The van der Waals surface area contributed by atoms with Crippen molar-refractivity contribution in [1.29, 1.82) is 0 Å². The Hall–Kier alpha value is -3.27. The number of carbonyl (C=O) groups excluding carboxylic acids is 1. The fourth-order valence-corrected chi connectivity index (χ4v) is 3.48. The van der Waals surface area contributed by atoms with Crippen LogP contribution in [0.4, 0.5) is 5.69 Å². The quantitative estimate of drug-likeness (QED) is 0.502. The maximum absolute atomic E-state index is 12.9. The first-order chi connectivity index (χ1) is 14.7. The third kappa shape index (κ3) is 5.26. The van der Waals surface area contributed by atoms with Gasteiger partial charge in [-0.25, -0.2) is 0 Å². The van der Waals surface area contributed by atoms with Crippen LogP contribution >= 0.6 is 0 Å². The molecular formula is C27H31NO3. The summed E-state index contributed by atoms with van der Waals surface area (Å²) < 4.78 is 11.7. The lowest BCUT2D eigenvalue weighted by atomic mass is 9.86. The second kappa shape index (κ2) is 9.25. The van der Waals surface area contributed by atoms with E-state index in [4.69, 9.17) is 9.47 Å². The van der Waals surface area contributed by atoms with E-state index >= 15 is 0 Å². The van der Waals surface area contributed by atoms with Gasteiger partial charge in [-0.2, -0.15) is 0 Å². The molecule has 3 aromatic carbocycles. The number of hydrogen-bond donors (Lipinski definition) is 1. The van der Waals surface area contributed by atoms with Crippen molar-refractivity contribution in [3.8, 4) is 11.5 Å². The summed E-state index contributed by atoms with van der Waals surface area (Å²) in [5.74, 6) is 1.37. The van der Waals surface area contributed by atoms with Crippen molar-refractivity contribution in [3.63, 3.8) is 0 Å². The molecular weight excluding hydrogens is 386 g/mol. The minimum atomic E-state index is -0.160. The number of nitrogens with one attached hydrogen (secondary N) is 1. The molecule has 0 aliphatic carbocycles. The molecule has 0 aliphatic heterocycles. The summed E-state index contributed by atoms with van der Waals surface area (Å²) in [7, 11) is 1.62. The molecule has 0 bridgehead atoms. The van der Waals surface area contributed by atoms with Gasteiger partial charge < -0.3 is 14.8 Å². The third-order valence-corrected chi connectivity index (χ3v) is 5.47. The Kier molecular flexibility index (Phi) is 6.69. The summed E-state index contributed by atoms with van der Waals surface area (Å²) >= 11 is 0. The average molecular weight is 418 g/mol. The second-order valence-corrected chi connectivity index (χ2v) is 8.76. The maximum atomic E-state index is 12.9. The van der Waals surface area contributed by atoms with Crippen LogP contribution in [0.5, 0.6) is 11.5 Å². The SMILES string of the molecule is COc1ccc(C(=O)Nc2cccc(C)c2C)cc1COc1ccccc1C(C)(C)C. The highest BCUT2D eigenvalue weighted by molar-refractivity contribution is 6.05. The molecule has 0 saturated heterocycles. The molecule has 0 heterocycles. The lowest BCUT2D eigenvalue weighted by molar-refractivity contribution is 0.102. The van der Waals surface area contributed by atoms with E-state index in [0.717, 1.165) is 33.7 Å². The van der Waals surface area contributed by atoms with Crippen molar-refractivity contribution in [2.45, 2.75) is 46.6 Å². The Labute approximate surface area is 185 Å². The molecule has 0 aliphatic rings. The first-order valence-corrected chi connectivity index (χ1v) is 10.5. The molecule has 0 spiro atoms. The third-order valence-electron chi connectivity index (χ3n) is 5.47. The molecule has 3 aromatic rings. The van der Waals surface area contributed by atoms with Gasteiger partial charge in [-0.05, 0) is 66.3 Å². The van der Waals surface area contributed by atoms with Crippen molar-refractivity contribution < 1.29 is 14.3 Å². The Bertz CT molecular complexity index is 1080. The van der Waals surface area contributed by atoms with E-state index in [1.807, 2.05) is 62.4 Å². The predicted molar refractivity (Wildman–Crippen MR) is 126 cm³/mol. The minimum absolute atomic E-state index is 0.0336. The van der Waals surface area contributed by atoms with Gasteiger partial charge in [0, 0.05) is 16.8 Å². The van der Waals surface area contributed by atoms with E-state index in [1.54, 1.807) is 13.2 Å². The zero-order valence-electron chi connectivity index (χ0n) is 19.2. The highest BCUT2D eigenvalue weighted by Crippen LogP contribution is 2.32. The zero-order valence-corrected chi connectivity index (χ0v) is 19.2. The molecule has 0 saturated carbocycles.